The van der Waals surface area contributed by atoms with Gasteiger partial charge in [0.25, 0.3) is 5.91 Å². The lowest BCUT2D eigenvalue weighted by Gasteiger charge is -2.21. The summed E-state index contributed by atoms with van der Waals surface area (Å²) in [6.45, 7) is 3.54. The standard InChI is InChI=1S/C12H17N3O4/c1-6(2)10(11(13)15-19)14-12(18)9-7(16)4-3-5-8(9)17/h3-6,10,16-17,19H,1-2H3,(H2,13,15)(H,14,18). The molecule has 1 amide bonds. The third kappa shape index (κ3) is 3.27. The van der Waals surface area contributed by atoms with Crippen molar-refractivity contribution in [1.29, 1.82) is 0 Å². The van der Waals surface area contributed by atoms with E-state index in [0.29, 0.717) is 0 Å². The van der Waals surface area contributed by atoms with Crippen LogP contribution in [0.1, 0.15) is 24.2 Å². The lowest BCUT2D eigenvalue weighted by Crippen LogP contribution is -2.47. The molecule has 1 rings (SSSR count). The molecule has 7 nitrogen and oxygen atoms in total. The molecule has 0 fully saturated rings. The highest BCUT2D eigenvalue weighted by molar-refractivity contribution is 6.02. The summed E-state index contributed by atoms with van der Waals surface area (Å²) < 4.78 is 0. The molecule has 0 spiro atoms. The van der Waals surface area contributed by atoms with E-state index in [1.54, 1.807) is 13.8 Å². The van der Waals surface area contributed by atoms with Gasteiger partial charge in [0.05, 0.1) is 6.04 Å². The summed E-state index contributed by atoms with van der Waals surface area (Å²) in [6, 6.07) is 3.26. The summed E-state index contributed by atoms with van der Waals surface area (Å²) in [5.41, 5.74) is 5.23. The predicted molar refractivity (Wildman–Crippen MR) is 69.3 cm³/mol. The van der Waals surface area contributed by atoms with Crippen molar-refractivity contribution in [1.82, 2.24) is 5.32 Å². The van der Waals surface area contributed by atoms with Crippen molar-refractivity contribution in [2.24, 2.45) is 16.8 Å². The number of nitrogens with one attached hydrogen (secondary N) is 1. The first kappa shape index (κ1) is 14.6. The fourth-order valence-corrected chi connectivity index (χ4v) is 1.62. The second-order valence-electron chi connectivity index (χ2n) is 4.39. The monoisotopic (exact) mass is 267 g/mol. The number of hydrogen-bond acceptors (Lipinski definition) is 5. The first-order valence-corrected chi connectivity index (χ1v) is 5.67. The molecule has 0 saturated carbocycles. The molecule has 1 aromatic rings. The molecule has 7 heteroatoms. The van der Waals surface area contributed by atoms with E-state index in [2.05, 4.69) is 10.5 Å². The second-order valence-corrected chi connectivity index (χ2v) is 4.39. The number of carbonyl (C=O) groups excluding carboxylic acids is 1. The van der Waals surface area contributed by atoms with Crippen LogP contribution in [0.15, 0.2) is 23.4 Å². The van der Waals surface area contributed by atoms with Crippen molar-refractivity contribution >= 4 is 11.7 Å². The number of amides is 1. The van der Waals surface area contributed by atoms with E-state index in [4.69, 9.17) is 10.9 Å². The average Bonchev–Trinajstić information content (AvgIpc) is 2.34. The third-order valence-corrected chi connectivity index (χ3v) is 2.63. The van der Waals surface area contributed by atoms with Gasteiger partial charge in [0.1, 0.15) is 17.1 Å². The highest BCUT2D eigenvalue weighted by atomic mass is 16.4. The van der Waals surface area contributed by atoms with Crippen molar-refractivity contribution in [3.05, 3.63) is 23.8 Å². The zero-order chi connectivity index (χ0) is 14.6. The second kappa shape index (κ2) is 5.94. The number of carbonyl (C=O) groups is 1. The lowest BCUT2D eigenvalue weighted by molar-refractivity contribution is 0.0933. The minimum atomic E-state index is -0.712. The highest BCUT2D eigenvalue weighted by Gasteiger charge is 2.24. The molecular weight excluding hydrogens is 250 g/mol. The zero-order valence-electron chi connectivity index (χ0n) is 10.7. The molecular formula is C12H17N3O4. The number of amidine groups is 1. The van der Waals surface area contributed by atoms with Crippen LogP contribution in [0.5, 0.6) is 11.5 Å². The maximum Gasteiger partial charge on any atom is 0.259 e. The van der Waals surface area contributed by atoms with Gasteiger partial charge < -0.3 is 26.5 Å². The molecule has 19 heavy (non-hydrogen) atoms. The number of nitrogens with zero attached hydrogens (tertiary/aromatic N) is 1. The Hall–Kier alpha value is -2.44. The Bertz CT molecular complexity index is 479. The van der Waals surface area contributed by atoms with Crippen molar-refractivity contribution in [3.8, 4) is 11.5 Å². The van der Waals surface area contributed by atoms with Gasteiger partial charge in [-0.05, 0) is 18.1 Å². The Morgan fingerprint density at radius 3 is 2.26 bits per heavy atom. The van der Waals surface area contributed by atoms with Crippen LogP contribution in [0, 0.1) is 5.92 Å². The molecule has 0 aliphatic carbocycles. The van der Waals surface area contributed by atoms with E-state index in [1.807, 2.05) is 0 Å². The van der Waals surface area contributed by atoms with E-state index in [0.717, 1.165) is 0 Å². The number of benzene rings is 1. The molecule has 1 unspecified atom stereocenters. The normalized spacial score (nSPS) is 13.3. The van der Waals surface area contributed by atoms with Crippen LogP contribution < -0.4 is 11.1 Å². The SMILES string of the molecule is CC(C)C(NC(=O)c1c(O)cccc1O)/C(N)=N/O. The largest absolute Gasteiger partial charge is 0.507 e. The maximum atomic E-state index is 12.0. The van der Waals surface area contributed by atoms with Gasteiger partial charge in [0, 0.05) is 0 Å². The Morgan fingerprint density at radius 1 is 1.32 bits per heavy atom. The first-order chi connectivity index (χ1) is 8.88. The molecule has 0 aromatic heterocycles. The van der Waals surface area contributed by atoms with Crippen LogP contribution in [0.25, 0.3) is 0 Å². The Morgan fingerprint density at radius 2 is 1.84 bits per heavy atom. The predicted octanol–water partition coefficient (Wildman–Crippen LogP) is 0.599. The van der Waals surface area contributed by atoms with Gasteiger partial charge >= 0.3 is 0 Å². The molecule has 0 aliphatic rings. The minimum Gasteiger partial charge on any atom is -0.507 e. The van der Waals surface area contributed by atoms with E-state index < -0.39 is 11.9 Å². The van der Waals surface area contributed by atoms with Gasteiger partial charge in [-0.15, -0.1) is 0 Å². The molecule has 1 atom stereocenters. The Kier molecular flexibility index (Phi) is 4.57. The van der Waals surface area contributed by atoms with Crippen LogP contribution in [0.3, 0.4) is 0 Å². The van der Waals surface area contributed by atoms with Gasteiger partial charge in [-0.2, -0.15) is 0 Å². The van der Waals surface area contributed by atoms with Crippen LogP contribution in [0.2, 0.25) is 0 Å². The molecule has 0 saturated heterocycles. The number of hydrogen-bond donors (Lipinski definition) is 5. The lowest BCUT2D eigenvalue weighted by atomic mass is 10.0. The van der Waals surface area contributed by atoms with Gasteiger partial charge in [0.2, 0.25) is 0 Å². The molecule has 0 radical (unpaired) electrons. The highest BCUT2D eigenvalue weighted by Crippen LogP contribution is 2.26. The fourth-order valence-electron chi connectivity index (χ4n) is 1.62. The number of phenolic OH excluding ortho intramolecular Hbond substituents is 2. The smallest absolute Gasteiger partial charge is 0.259 e. The number of nitrogens with two attached hydrogens (primary N) is 1. The zero-order valence-corrected chi connectivity index (χ0v) is 10.7. The van der Waals surface area contributed by atoms with Crippen LogP contribution >= 0.6 is 0 Å². The molecule has 0 aliphatic heterocycles. The number of aromatic hydroxyl groups is 2. The van der Waals surface area contributed by atoms with Crippen molar-refractivity contribution in [3.63, 3.8) is 0 Å². The number of phenols is 2. The molecule has 0 heterocycles. The van der Waals surface area contributed by atoms with Gasteiger partial charge in [-0.1, -0.05) is 25.1 Å². The summed E-state index contributed by atoms with van der Waals surface area (Å²) in [5.74, 6) is -1.69. The number of rotatable bonds is 4. The molecule has 6 N–H and O–H groups in total. The van der Waals surface area contributed by atoms with Crippen molar-refractivity contribution in [2.45, 2.75) is 19.9 Å². The van der Waals surface area contributed by atoms with E-state index in [1.165, 1.54) is 18.2 Å². The van der Waals surface area contributed by atoms with Crippen LogP contribution in [0.4, 0.5) is 0 Å². The van der Waals surface area contributed by atoms with E-state index >= 15 is 0 Å². The fraction of sp³-hybridized carbons (Fsp3) is 0.333. The molecule has 104 valence electrons. The van der Waals surface area contributed by atoms with Gasteiger partial charge in [-0.25, -0.2) is 0 Å². The van der Waals surface area contributed by atoms with Gasteiger partial charge in [-0.3, -0.25) is 4.79 Å². The maximum absolute atomic E-state index is 12.0. The van der Waals surface area contributed by atoms with E-state index in [-0.39, 0.29) is 28.8 Å². The van der Waals surface area contributed by atoms with E-state index in [9.17, 15) is 15.0 Å². The first-order valence-electron chi connectivity index (χ1n) is 5.67. The quantitative estimate of drug-likeness (QED) is 0.236. The van der Waals surface area contributed by atoms with Crippen molar-refractivity contribution in [2.75, 3.05) is 0 Å². The Balaban J connectivity index is 3.01. The minimum absolute atomic E-state index is 0.132. The molecule has 0 bridgehead atoms. The summed E-state index contributed by atoms with van der Waals surface area (Å²) >= 11 is 0. The summed E-state index contributed by atoms with van der Waals surface area (Å²) in [7, 11) is 0. The summed E-state index contributed by atoms with van der Waals surface area (Å²) in [4.78, 5) is 12.0. The third-order valence-electron chi connectivity index (χ3n) is 2.63. The van der Waals surface area contributed by atoms with Crippen molar-refractivity contribution < 1.29 is 20.2 Å². The van der Waals surface area contributed by atoms with Crippen LogP contribution in [-0.4, -0.2) is 33.2 Å². The van der Waals surface area contributed by atoms with Crippen LogP contribution in [-0.2, 0) is 0 Å². The topological polar surface area (TPSA) is 128 Å². The average molecular weight is 267 g/mol. The van der Waals surface area contributed by atoms with Gasteiger partial charge in [0.15, 0.2) is 5.84 Å². The Labute approximate surface area is 110 Å². The molecule has 1 aromatic carbocycles. The number of oxime groups is 1. The summed E-state index contributed by atoms with van der Waals surface area (Å²) in [5, 5.41) is 33.2. The summed E-state index contributed by atoms with van der Waals surface area (Å²) in [6.07, 6.45) is 0.